The summed E-state index contributed by atoms with van der Waals surface area (Å²) in [5.74, 6) is 0. The first-order chi connectivity index (χ1) is 6.88. The van der Waals surface area contributed by atoms with E-state index in [1.807, 2.05) is 24.3 Å². The number of hydrogen-bond donors (Lipinski definition) is 1. The molecule has 0 fully saturated rings. The minimum absolute atomic E-state index is 0.570. The molecule has 2 N–H and O–H groups in total. The third-order valence-electron chi connectivity index (χ3n) is 2.06. The molecule has 76 valence electrons. The predicted molar refractivity (Wildman–Crippen MR) is 58.8 cm³/mol. The average Bonchev–Trinajstić information content (AvgIpc) is 2.25. The van der Waals surface area contributed by atoms with E-state index in [9.17, 15) is 0 Å². The Kier molecular flexibility index (Phi) is 4.97. The smallest absolute Gasteiger partial charge is 0.0720 e. The van der Waals surface area contributed by atoms with Crippen LogP contribution in [0.25, 0.3) is 0 Å². The van der Waals surface area contributed by atoms with Crippen molar-refractivity contribution >= 4 is 0 Å². The summed E-state index contributed by atoms with van der Waals surface area (Å²) in [6.07, 6.45) is 2.75. The highest BCUT2D eigenvalue weighted by atomic mass is 16.5. The molecule has 2 heteroatoms. The van der Waals surface area contributed by atoms with Crippen molar-refractivity contribution in [1.82, 2.24) is 0 Å². The van der Waals surface area contributed by atoms with E-state index in [4.69, 9.17) is 10.5 Å². The average molecular weight is 191 g/mol. The van der Waals surface area contributed by atoms with Gasteiger partial charge < -0.3 is 10.5 Å². The van der Waals surface area contributed by atoms with Crippen LogP contribution in [0.3, 0.4) is 0 Å². The highest BCUT2D eigenvalue weighted by Gasteiger charge is 1.98. The monoisotopic (exact) mass is 191 g/mol. The largest absolute Gasteiger partial charge is 0.376 e. The fraction of sp³-hybridized carbons (Fsp3) is 0.333. The minimum Gasteiger partial charge on any atom is -0.376 e. The quantitative estimate of drug-likeness (QED) is 0.553. The Morgan fingerprint density at radius 2 is 2.00 bits per heavy atom. The summed E-state index contributed by atoms with van der Waals surface area (Å²) in [6, 6.07) is 8.09. The van der Waals surface area contributed by atoms with Gasteiger partial charge >= 0.3 is 0 Å². The zero-order chi connectivity index (χ0) is 10.2. The molecular weight excluding hydrogens is 174 g/mol. The van der Waals surface area contributed by atoms with Crippen molar-refractivity contribution in [1.29, 1.82) is 0 Å². The van der Waals surface area contributed by atoms with Crippen LogP contribution in [-0.4, -0.2) is 6.61 Å². The third kappa shape index (κ3) is 3.32. The van der Waals surface area contributed by atoms with Crippen LogP contribution in [0.15, 0.2) is 36.9 Å². The van der Waals surface area contributed by atoms with E-state index in [1.165, 1.54) is 5.56 Å². The summed E-state index contributed by atoms with van der Waals surface area (Å²) < 4.78 is 5.48. The molecule has 0 aliphatic rings. The van der Waals surface area contributed by atoms with Gasteiger partial charge in [-0.2, -0.15) is 0 Å². The fourth-order valence-electron chi connectivity index (χ4n) is 1.25. The lowest BCUT2D eigenvalue weighted by Crippen LogP contribution is -2.03. The standard InChI is InChI=1S/C12H17NO/c1-2-3-8-14-10-12-7-5-4-6-11(12)9-13/h2,4-7H,1,3,8-10,13H2. The zero-order valence-electron chi connectivity index (χ0n) is 8.41. The molecule has 0 atom stereocenters. The summed E-state index contributed by atoms with van der Waals surface area (Å²) in [4.78, 5) is 0. The van der Waals surface area contributed by atoms with Gasteiger partial charge in [0.2, 0.25) is 0 Å². The van der Waals surface area contributed by atoms with Crippen LogP contribution in [0.5, 0.6) is 0 Å². The Balaban J connectivity index is 2.44. The van der Waals surface area contributed by atoms with E-state index in [0.717, 1.165) is 18.6 Å². The van der Waals surface area contributed by atoms with Crippen molar-refractivity contribution in [2.75, 3.05) is 6.61 Å². The van der Waals surface area contributed by atoms with Gasteiger partial charge in [0, 0.05) is 6.54 Å². The van der Waals surface area contributed by atoms with Crippen molar-refractivity contribution in [3.63, 3.8) is 0 Å². The molecule has 1 rings (SSSR count). The Hall–Kier alpha value is -1.12. The molecule has 0 bridgehead atoms. The van der Waals surface area contributed by atoms with Gasteiger partial charge in [-0.15, -0.1) is 6.58 Å². The molecule has 0 radical (unpaired) electrons. The molecule has 0 heterocycles. The summed E-state index contributed by atoms with van der Waals surface area (Å²) in [6.45, 7) is 5.57. The summed E-state index contributed by atoms with van der Waals surface area (Å²) in [7, 11) is 0. The molecule has 0 unspecified atom stereocenters. The molecule has 0 aliphatic carbocycles. The van der Waals surface area contributed by atoms with Crippen molar-refractivity contribution in [3.05, 3.63) is 48.0 Å². The second-order valence-corrected chi connectivity index (χ2v) is 3.10. The molecular formula is C12H17NO. The minimum atomic E-state index is 0.570. The van der Waals surface area contributed by atoms with Gasteiger partial charge in [-0.1, -0.05) is 30.3 Å². The van der Waals surface area contributed by atoms with Crippen molar-refractivity contribution in [3.8, 4) is 0 Å². The number of nitrogens with two attached hydrogens (primary N) is 1. The molecule has 0 amide bonds. The van der Waals surface area contributed by atoms with E-state index in [-0.39, 0.29) is 0 Å². The van der Waals surface area contributed by atoms with Crippen LogP contribution in [-0.2, 0) is 17.9 Å². The van der Waals surface area contributed by atoms with E-state index in [0.29, 0.717) is 13.2 Å². The van der Waals surface area contributed by atoms with Crippen LogP contribution in [0, 0.1) is 0 Å². The highest BCUT2D eigenvalue weighted by molar-refractivity contribution is 5.26. The Labute approximate surface area is 85.4 Å². The van der Waals surface area contributed by atoms with Crippen molar-refractivity contribution in [2.24, 2.45) is 5.73 Å². The van der Waals surface area contributed by atoms with Gasteiger partial charge in [0.25, 0.3) is 0 Å². The van der Waals surface area contributed by atoms with Gasteiger partial charge in [0.05, 0.1) is 13.2 Å². The van der Waals surface area contributed by atoms with Crippen molar-refractivity contribution < 1.29 is 4.74 Å². The van der Waals surface area contributed by atoms with Gasteiger partial charge in [0.15, 0.2) is 0 Å². The Morgan fingerprint density at radius 3 is 2.64 bits per heavy atom. The number of rotatable bonds is 6. The molecule has 0 saturated carbocycles. The van der Waals surface area contributed by atoms with Gasteiger partial charge in [-0.05, 0) is 17.5 Å². The van der Waals surface area contributed by atoms with Crippen LogP contribution >= 0.6 is 0 Å². The highest BCUT2D eigenvalue weighted by Crippen LogP contribution is 2.09. The summed E-state index contributed by atoms with van der Waals surface area (Å²) >= 11 is 0. The molecule has 1 aromatic rings. The van der Waals surface area contributed by atoms with Crippen LogP contribution in [0.1, 0.15) is 17.5 Å². The molecule has 2 nitrogen and oxygen atoms in total. The van der Waals surface area contributed by atoms with Crippen LogP contribution in [0.2, 0.25) is 0 Å². The van der Waals surface area contributed by atoms with E-state index in [2.05, 4.69) is 12.6 Å². The number of benzene rings is 1. The molecule has 0 spiro atoms. The maximum Gasteiger partial charge on any atom is 0.0720 e. The Bertz CT molecular complexity index is 283. The normalized spacial score (nSPS) is 10.1. The maximum atomic E-state index is 5.61. The molecule has 1 aromatic carbocycles. The van der Waals surface area contributed by atoms with E-state index >= 15 is 0 Å². The number of ether oxygens (including phenoxy) is 1. The van der Waals surface area contributed by atoms with E-state index in [1.54, 1.807) is 0 Å². The van der Waals surface area contributed by atoms with Gasteiger partial charge in [0.1, 0.15) is 0 Å². The first kappa shape index (κ1) is 11.0. The van der Waals surface area contributed by atoms with E-state index < -0.39 is 0 Å². The van der Waals surface area contributed by atoms with Crippen LogP contribution in [0.4, 0.5) is 0 Å². The SMILES string of the molecule is C=CCCOCc1ccccc1CN. The Morgan fingerprint density at radius 1 is 1.29 bits per heavy atom. The number of hydrogen-bond acceptors (Lipinski definition) is 2. The van der Waals surface area contributed by atoms with Gasteiger partial charge in [-0.25, -0.2) is 0 Å². The first-order valence-electron chi connectivity index (χ1n) is 4.84. The lowest BCUT2D eigenvalue weighted by Gasteiger charge is -2.07. The third-order valence-corrected chi connectivity index (χ3v) is 2.06. The molecule has 14 heavy (non-hydrogen) atoms. The maximum absolute atomic E-state index is 5.61. The molecule has 0 saturated heterocycles. The lowest BCUT2D eigenvalue weighted by atomic mass is 10.1. The lowest BCUT2D eigenvalue weighted by molar-refractivity contribution is 0.125. The molecule has 0 aromatic heterocycles. The van der Waals surface area contributed by atoms with Crippen LogP contribution < -0.4 is 5.73 Å². The predicted octanol–water partition coefficient (Wildman–Crippen LogP) is 2.24. The molecule has 0 aliphatic heterocycles. The second-order valence-electron chi connectivity index (χ2n) is 3.10. The summed E-state index contributed by atoms with van der Waals surface area (Å²) in [5.41, 5.74) is 7.95. The van der Waals surface area contributed by atoms with Crippen molar-refractivity contribution in [2.45, 2.75) is 19.6 Å². The second kappa shape index (κ2) is 6.35. The zero-order valence-corrected chi connectivity index (χ0v) is 8.41. The first-order valence-corrected chi connectivity index (χ1v) is 4.84. The fourth-order valence-corrected chi connectivity index (χ4v) is 1.25. The summed E-state index contributed by atoms with van der Waals surface area (Å²) in [5, 5.41) is 0. The topological polar surface area (TPSA) is 35.2 Å². The van der Waals surface area contributed by atoms with Gasteiger partial charge in [-0.3, -0.25) is 0 Å².